The number of pyridine rings is 2. The quantitative estimate of drug-likeness (QED) is 0.587. The lowest BCUT2D eigenvalue weighted by molar-refractivity contribution is 0.508. The van der Waals surface area contributed by atoms with Crippen molar-refractivity contribution in [2.75, 3.05) is 5.32 Å². The Morgan fingerprint density at radius 1 is 1.21 bits per heavy atom. The van der Waals surface area contributed by atoms with E-state index in [1.807, 2.05) is 32.0 Å². The normalized spacial score (nSPS) is 12.2. The fraction of sp³-hybridized carbons (Fsp3) is 0.222. The molecule has 1 aliphatic heterocycles. The molecule has 1 aliphatic rings. The van der Waals surface area contributed by atoms with Gasteiger partial charge in [-0.05, 0) is 18.2 Å². The van der Waals surface area contributed by atoms with Gasteiger partial charge in [-0.25, -0.2) is 9.97 Å². The summed E-state index contributed by atoms with van der Waals surface area (Å²) in [5, 5.41) is 12.4. The van der Waals surface area contributed by atoms with Gasteiger partial charge in [-0.15, -0.1) is 0 Å². The fourth-order valence-electron chi connectivity index (χ4n) is 2.90. The molecule has 0 unspecified atom stereocenters. The number of hydrogen-bond donors (Lipinski definition) is 2. The average molecular weight is 316 g/mol. The minimum absolute atomic E-state index is 0.357. The van der Waals surface area contributed by atoms with Gasteiger partial charge in [0.2, 0.25) is 0 Å². The van der Waals surface area contributed by atoms with E-state index in [9.17, 15) is 0 Å². The number of aromatic amines is 1. The number of anilines is 2. The zero-order chi connectivity index (χ0) is 16.7. The molecule has 0 atom stereocenters. The van der Waals surface area contributed by atoms with Crippen LogP contribution in [0.2, 0.25) is 0 Å². The Balaban J connectivity index is 2.00. The number of rotatable bonds is 2. The third-order valence-corrected chi connectivity index (χ3v) is 4.27. The second-order valence-electron chi connectivity index (χ2n) is 6.47. The van der Waals surface area contributed by atoms with E-state index in [-0.39, 0.29) is 5.41 Å². The summed E-state index contributed by atoms with van der Waals surface area (Å²) in [6, 6.07) is 8.09. The molecule has 2 N–H and O–H groups in total. The Morgan fingerprint density at radius 3 is 2.92 bits per heavy atom. The standard InChI is InChI=1S/C18H16N6/c1-18(2,6-7-19)17-23-14-11-5-9-20-10-13(11)22-16-12(15(14)24-17)4-3-8-21-16/h3-5,8-10H,6H2,1-2H3,(H,21,22)(H,23,24). The van der Waals surface area contributed by atoms with Gasteiger partial charge in [-0.3, -0.25) is 4.98 Å². The van der Waals surface area contributed by atoms with E-state index < -0.39 is 0 Å². The molecule has 0 aromatic carbocycles. The van der Waals surface area contributed by atoms with Crippen LogP contribution in [0, 0.1) is 11.3 Å². The number of hydrogen-bond acceptors (Lipinski definition) is 5. The van der Waals surface area contributed by atoms with Crippen LogP contribution in [0.3, 0.4) is 0 Å². The number of nitriles is 1. The molecule has 24 heavy (non-hydrogen) atoms. The second-order valence-corrected chi connectivity index (χ2v) is 6.47. The first-order valence-electron chi connectivity index (χ1n) is 7.74. The van der Waals surface area contributed by atoms with Crippen molar-refractivity contribution >= 4 is 11.5 Å². The van der Waals surface area contributed by atoms with Crippen molar-refractivity contribution in [3.05, 3.63) is 42.6 Å². The van der Waals surface area contributed by atoms with E-state index in [1.54, 1.807) is 18.6 Å². The van der Waals surface area contributed by atoms with E-state index in [4.69, 9.17) is 10.2 Å². The highest BCUT2D eigenvalue weighted by Crippen LogP contribution is 2.42. The van der Waals surface area contributed by atoms with Crippen LogP contribution in [0.5, 0.6) is 0 Å². The summed E-state index contributed by atoms with van der Waals surface area (Å²) in [6.45, 7) is 4.04. The zero-order valence-electron chi connectivity index (χ0n) is 13.5. The molecule has 4 heterocycles. The average Bonchev–Trinajstić information content (AvgIpc) is 2.97. The molecule has 6 nitrogen and oxygen atoms in total. The van der Waals surface area contributed by atoms with Crippen molar-refractivity contribution < 1.29 is 0 Å². The van der Waals surface area contributed by atoms with E-state index in [2.05, 4.69) is 26.3 Å². The number of nitrogens with one attached hydrogen (secondary N) is 2. The lowest BCUT2D eigenvalue weighted by Crippen LogP contribution is -2.18. The van der Waals surface area contributed by atoms with E-state index in [1.165, 1.54) is 0 Å². The Bertz CT molecular complexity index is 901. The molecule has 6 heteroatoms. The number of H-pyrrole nitrogens is 1. The summed E-state index contributed by atoms with van der Waals surface area (Å²) in [5.74, 6) is 1.55. The fourth-order valence-corrected chi connectivity index (χ4v) is 2.90. The molecule has 0 spiro atoms. The van der Waals surface area contributed by atoms with Gasteiger partial charge in [0.1, 0.15) is 17.3 Å². The smallest absolute Gasteiger partial charge is 0.139 e. The lowest BCUT2D eigenvalue weighted by Gasteiger charge is -2.18. The number of imidazole rings is 1. The number of aromatic nitrogens is 4. The van der Waals surface area contributed by atoms with Crippen LogP contribution in [-0.4, -0.2) is 19.9 Å². The highest BCUT2D eigenvalue weighted by Gasteiger charge is 2.29. The maximum absolute atomic E-state index is 9.11. The summed E-state index contributed by atoms with van der Waals surface area (Å²) in [6.07, 6.45) is 5.68. The molecular formula is C18H16N6. The van der Waals surface area contributed by atoms with Crippen LogP contribution in [0.15, 0.2) is 36.8 Å². The van der Waals surface area contributed by atoms with Gasteiger partial charge >= 0.3 is 0 Å². The number of fused-ring (bicyclic) bond motifs is 5. The highest BCUT2D eigenvalue weighted by molar-refractivity contribution is 5.94. The number of nitrogens with zero attached hydrogens (tertiary/aromatic N) is 4. The molecule has 0 saturated carbocycles. The van der Waals surface area contributed by atoms with Gasteiger partial charge in [0, 0.05) is 35.4 Å². The van der Waals surface area contributed by atoms with Crippen LogP contribution in [0.4, 0.5) is 11.5 Å². The highest BCUT2D eigenvalue weighted by atomic mass is 15.0. The van der Waals surface area contributed by atoms with E-state index in [0.29, 0.717) is 6.42 Å². The van der Waals surface area contributed by atoms with Crippen LogP contribution >= 0.6 is 0 Å². The van der Waals surface area contributed by atoms with Gasteiger partial charge in [0.15, 0.2) is 0 Å². The predicted octanol–water partition coefficient (Wildman–Crippen LogP) is 3.78. The first-order valence-corrected chi connectivity index (χ1v) is 7.74. The summed E-state index contributed by atoms with van der Waals surface area (Å²) in [4.78, 5) is 16.9. The molecule has 0 saturated heterocycles. The Hall–Kier alpha value is -3.20. The van der Waals surface area contributed by atoms with Crippen molar-refractivity contribution in [3.63, 3.8) is 0 Å². The molecule has 0 amide bonds. The topological polar surface area (TPSA) is 90.3 Å². The van der Waals surface area contributed by atoms with Gasteiger partial charge in [-0.2, -0.15) is 5.26 Å². The molecule has 3 aromatic heterocycles. The first-order chi connectivity index (χ1) is 11.6. The zero-order valence-corrected chi connectivity index (χ0v) is 13.5. The minimum Gasteiger partial charge on any atom is -0.341 e. The molecule has 4 rings (SSSR count). The predicted molar refractivity (Wildman–Crippen MR) is 91.6 cm³/mol. The minimum atomic E-state index is -0.357. The van der Waals surface area contributed by atoms with Gasteiger partial charge in [0.05, 0.1) is 23.6 Å². The monoisotopic (exact) mass is 316 g/mol. The lowest BCUT2D eigenvalue weighted by atomic mass is 9.89. The van der Waals surface area contributed by atoms with Crippen molar-refractivity contribution in [3.8, 4) is 28.6 Å². The molecule has 0 fully saturated rings. The summed E-state index contributed by atoms with van der Waals surface area (Å²) in [7, 11) is 0. The van der Waals surface area contributed by atoms with Crippen LogP contribution in [-0.2, 0) is 5.41 Å². The van der Waals surface area contributed by atoms with Gasteiger partial charge < -0.3 is 10.3 Å². The van der Waals surface area contributed by atoms with Crippen LogP contribution in [0.25, 0.3) is 22.5 Å². The maximum atomic E-state index is 9.11. The Morgan fingerprint density at radius 2 is 2.08 bits per heavy atom. The van der Waals surface area contributed by atoms with Crippen molar-refractivity contribution in [1.29, 1.82) is 5.26 Å². The third kappa shape index (κ3) is 2.14. The Labute approximate surface area is 139 Å². The second kappa shape index (κ2) is 5.17. The van der Waals surface area contributed by atoms with Crippen LogP contribution < -0.4 is 5.32 Å². The van der Waals surface area contributed by atoms with Gasteiger partial charge in [-0.1, -0.05) is 13.8 Å². The van der Waals surface area contributed by atoms with Crippen molar-refractivity contribution in [2.24, 2.45) is 0 Å². The molecule has 0 aliphatic carbocycles. The van der Waals surface area contributed by atoms with Crippen molar-refractivity contribution in [1.82, 2.24) is 19.9 Å². The van der Waals surface area contributed by atoms with Crippen LogP contribution in [0.1, 0.15) is 26.1 Å². The van der Waals surface area contributed by atoms with Gasteiger partial charge in [0.25, 0.3) is 0 Å². The van der Waals surface area contributed by atoms with E-state index in [0.717, 1.165) is 39.8 Å². The SMILES string of the molecule is CC(C)(CC#N)c1nc2c([nH]1)-c1ccncc1Nc1ncccc1-2. The maximum Gasteiger partial charge on any atom is 0.139 e. The van der Waals surface area contributed by atoms with Crippen molar-refractivity contribution in [2.45, 2.75) is 25.7 Å². The largest absolute Gasteiger partial charge is 0.341 e. The third-order valence-electron chi connectivity index (χ3n) is 4.27. The van der Waals surface area contributed by atoms with E-state index >= 15 is 0 Å². The molecule has 3 aromatic rings. The summed E-state index contributed by atoms with van der Waals surface area (Å²) >= 11 is 0. The molecule has 0 bridgehead atoms. The summed E-state index contributed by atoms with van der Waals surface area (Å²) in [5.41, 5.74) is 4.21. The Kier molecular flexibility index (Phi) is 3.10. The molecular weight excluding hydrogens is 300 g/mol. The first kappa shape index (κ1) is 14.4. The molecule has 118 valence electrons. The summed E-state index contributed by atoms with van der Waals surface area (Å²) < 4.78 is 0. The molecule has 0 radical (unpaired) electrons.